The van der Waals surface area contributed by atoms with Gasteiger partial charge in [-0.2, -0.15) is 5.26 Å². The van der Waals surface area contributed by atoms with E-state index in [1.165, 1.54) is 0 Å². The van der Waals surface area contributed by atoms with E-state index in [1.807, 2.05) is 13.0 Å². The zero-order chi connectivity index (χ0) is 12.2. The van der Waals surface area contributed by atoms with Crippen LogP contribution in [0, 0.1) is 23.7 Å². The summed E-state index contributed by atoms with van der Waals surface area (Å²) in [5, 5.41) is 11.5. The third kappa shape index (κ3) is 3.35. The number of aromatic nitrogens is 1. The third-order valence-corrected chi connectivity index (χ3v) is 2.11. The second kappa shape index (κ2) is 4.75. The van der Waals surface area contributed by atoms with Gasteiger partial charge in [0.05, 0.1) is 11.5 Å². The lowest BCUT2D eigenvalue weighted by Crippen LogP contribution is -2.33. The molecule has 0 aliphatic carbocycles. The summed E-state index contributed by atoms with van der Waals surface area (Å²) in [7, 11) is 0. The maximum atomic E-state index is 11.7. The average Bonchev–Trinajstić information content (AvgIpc) is 2.26. The number of hydrogen-bond donors (Lipinski definition) is 1. The zero-order valence-electron chi connectivity index (χ0n) is 9.74. The Bertz CT molecular complexity index is 432. The van der Waals surface area contributed by atoms with Crippen LogP contribution in [0.2, 0.25) is 0 Å². The molecule has 1 amide bonds. The number of carbonyl (C=O) groups excluding carboxylic acids is 1. The highest BCUT2D eigenvalue weighted by Gasteiger charge is 2.18. The van der Waals surface area contributed by atoms with Gasteiger partial charge in [-0.3, -0.25) is 4.79 Å². The Hall–Kier alpha value is -1.89. The molecule has 0 aliphatic rings. The van der Waals surface area contributed by atoms with Gasteiger partial charge in [0, 0.05) is 12.2 Å². The van der Waals surface area contributed by atoms with Crippen molar-refractivity contribution in [3.8, 4) is 6.07 Å². The first kappa shape index (κ1) is 12.2. The maximum absolute atomic E-state index is 11.7. The first-order valence-electron chi connectivity index (χ1n) is 5.08. The van der Waals surface area contributed by atoms with E-state index >= 15 is 0 Å². The molecule has 0 aliphatic heterocycles. The topological polar surface area (TPSA) is 65.8 Å². The van der Waals surface area contributed by atoms with Crippen LogP contribution in [-0.4, -0.2) is 17.4 Å². The van der Waals surface area contributed by atoms with Crippen molar-refractivity contribution in [3.05, 3.63) is 29.6 Å². The molecule has 4 heteroatoms. The molecule has 0 bridgehead atoms. The SMILES string of the molecule is Cc1cccc(C(=O)NCC(C)(C)C#N)n1. The molecule has 0 radical (unpaired) electrons. The Morgan fingerprint density at radius 2 is 2.25 bits per heavy atom. The van der Waals surface area contributed by atoms with Crippen molar-refractivity contribution < 1.29 is 4.79 Å². The van der Waals surface area contributed by atoms with Gasteiger partial charge in [-0.15, -0.1) is 0 Å². The molecule has 1 aromatic heterocycles. The van der Waals surface area contributed by atoms with Gasteiger partial charge in [-0.1, -0.05) is 6.07 Å². The predicted octanol–water partition coefficient (Wildman–Crippen LogP) is 1.67. The molecule has 84 valence electrons. The van der Waals surface area contributed by atoms with Crippen molar-refractivity contribution in [2.45, 2.75) is 20.8 Å². The van der Waals surface area contributed by atoms with Crippen LogP contribution < -0.4 is 5.32 Å². The Balaban J connectivity index is 2.64. The molecule has 1 N–H and O–H groups in total. The quantitative estimate of drug-likeness (QED) is 0.837. The van der Waals surface area contributed by atoms with Crippen LogP contribution in [0.25, 0.3) is 0 Å². The highest BCUT2D eigenvalue weighted by atomic mass is 16.1. The number of amides is 1. The van der Waals surface area contributed by atoms with Crippen molar-refractivity contribution in [2.24, 2.45) is 5.41 Å². The van der Waals surface area contributed by atoms with Crippen molar-refractivity contribution >= 4 is 5.91 Å². The zero-order valence-corrected chi connectivity index (χ0v) is 9.74. The van der Waals surface area contributed by atoms with Crippen molar-refractivity contribution in [2.75, 3.05) is 6.54 Å². The van der Waals surface area contributed by atoms with E-state index in [-0.39, 0.29) is 5.91 Å². The highest BCUT2D eigenvalue weighted by Crippen LogP contribution is 2.10. The predicted molar refractivity (Wildman–Crippen MR) is 60.7 cm³/mol. The van der Waals surface area contributed by atoms with E-state index in [1.54, 1.807) is 26.0 Å². The molecule has 1 rings (SSSR count). The van der Waals surface area contributed by atoms with Crippen molar-refractivity contribution in [1.82, 2.24) is 10.3 Å². The molecule has 1 heterocycles. The minimum Gasteiger partial charge on any atom is -0.349 e. The van der Waals surface area contributed by atoms with E-state index in [9.17, 15) is 4.79 Å². The molecular weight excluding hydrogens is 202 g/mol. The Kier molecular flexibility index (Phi) is 3.62. The van der Waals surface area contributed by atoms with Gasteiger partial charge in [-0.25, -0.2) is 4.98 Å². The van der Waals surface area contributed by atoms with Gasteiger partial charge < -0.3 is 5.32 Å². The Morgan fingerprint density at radius 3 is 2.81 bits per heavy atom. The second-order valence-electron chi connectivity index (χ2n) is 4.34. The number of aryl methyl sites for hydroxylation is 1. The van der Waals surface area contributed by atoms with Crippen LogP contribution in [-0.2, 0) is 0 Å². The molecule has 0 saturated carbocycles. The summed E-state index contributed by atoms with van der Waals surface area (Å²) in [5.41, 5.74) is 0.625. The number of hydrogen-bond acceptors (Lipinski definition) is 3. The summed E-state index contributed by atoms with van der Waals surface area (Å²) < 4.78 is 0. The van der Waals surface area contributed by atoms with Crippen molar-refractivity contribution in [3.63, 3.8) is 0 Å². The summed E-state index contributed by atoms with van der Waals surface area (Å²) in [5.74, 6) is -0.243. The number of pyridine rings is 1. The van der Waals surface area contributed by atoms with Crippen molar-refractivity contribution in [1.29, 1.82) is 5.26 Å². The third-order valence-electron chi connectivity index (χ3n) is 2.11. The monoisotopic (exact) mass is 217 g/mol. The standard InChI is InChI=1S/C12H15N3O/c1-9-5-4-6-10(15-9)11(16)14-8-12(2,3)7-13/h4-6H,8H2,1-3H3,(H,14,16). The lowest BCUT2D eigenvalue weighted by atomic mass is 9.96. The summed E-state index contributed by atoms with van der Waals surface area (Å²) in [6.45, 7) is 5.70. The van der Waals surface area contributed by atoms with Gasteiger partial charge >= 0.3 is 0 Å². The van der Waals surface area contributed by atoms with E-state index in [4.69, 9.17) is 5.26 Å². The van der Waals surface area contributed by atoms with Crippen LogP contribution in [0.4, 0.5) is 0 Å². The molecule has 4 nitrogen and oxygen atoms in total. The molecular formula is C12H15N3O. The summed E-state index contributed by atoms with van der Waals surface area (Å²) in [6, 6.07) is 7.39. The minimum atomic E-state index is -0.556. The molecule has 0 aromatic carbocycles. The fourth-order valence-electron chi connectivity index (χ4n) is 1.10. The number of rotatable bonds is 3. The number of carbonyl (C=O) groups is 1. The second-order valence-corrected chi connectivity index (χ2v) is 4.34. The average molecular weight is 217 g/mol. The summed E-state index contributed by atoms with van der Waals surface area (Å²) in [6.07, 6.45) is 0. The Labute approximate surface area is 95.3 Å². The van der Waals surface area contributed by atoms with Gasteiger partial charge in [0.15, 0.2) is 0 Å². The highest BCUT2D eigenvalue weighted by molar-refractivity contribution is 5.92. The number of nitrogens with one attached hydrogen (secondary N) is 1. The largest absolute Gasteiger partial charge is 0.349 e. The van der Waals surface area contributed by atoms with E-state index in [0.717, 1.165) is 5.69 Å². The first-order valence-corrected chi connectivity index (χ1v) is 5.08. The fourth-order valence-corrected chi connectivity index (χ4v) is 1.10. The van der Waals surface area contributed by atoms with Gasteiger partial charge in [0.25, 0.3) is 5.91 Å². The van der Waals surface area contributed by atoms with Gasteiger partial charge in [0.1, 0.15) is 5.69 Å². The molecule has 0 fully saturated rings. The van der Waals surface area contributed by atoms with E-state index < -0.39 is 5.41 Å². The van der Waals surface area contributed by atoms with Crippen LogP contribution in [0.5, 0.6) is 0 Å². The Morgan fingerprint density at radius 1 is 1.56 bits per heavy atom. The normalized spacial score (nSPS) is 10.6. The summed E-state index contributed by atoms with van der Waals surface area (Å²) >= 11 is 0. The molecule has 0 unspecified atom stereocenters. The summed E-state index contributed by atoms with van der Waals surface area (Å²) in [4.78, 5) is 15.8. The number of nitrogens with zero attached hydrogens (tertiary/aromatic N) is 2. The van der Waals surface area contributed by atoms with E-state index in [0.29, 0.717) is 12.2 Å². The fraction of sp³-hybridized carbons (Fsp3) is 0.417. The van der Waals surface area contributed by atoms with Crippen LogP contribution in [0.3, 0.4) is 0 Å². The smallest absolute Gasteiger partial charge is 0.269 e. The molecule has 16 heavy (non-hydrogen) atoms. The van der Waals surface area contributed by atoms with Crippen LogP contribution in [0.1, 0.15) is 30.0 Å². The minimum absolute atomic E-state index is 0.243. The van der Waals surface area contributed by atoms with Gasteiger partial charge in [0.2, 0.25) is 0 Å². The van der Waals surface area contributed by atoms with E-state index in [2.05, 4.69) is 16.4 Å². The molecule has 1 aromatic rings. The van der Waals surface area contributed by atoms with Crippen LogP contribution in [0.15, 0.2) is 18.2 Å². The lowest BCUT2D eigenvalue weighted by molar-refractivity contribution is 0.0938. The molecule has 0 saturated heterocycles. The number of nitriles is 1. The lowest BCUT2D eigenvalue weighted by Gasteiger charge is -2.15. The van der Waals surface area contributed by atoms with Crippen LogP contribution >= 0.6 is 0 Å². The first-order chi connectivity index (χ1) is 7.44. The maximum Gasteiger partial charge on any atom is 0.269 e. The van der Waals surface area contributed by atoms with Gasteiger partial charge in [-0.05, 0) is 32.9 Å². The molecule has 0 spiro atoms. The molecule has 0 atom stereocenters.